The lowest BCUT2D eigenvalue weighted by molar-refractivity contribution is 0.00949. The topological polar surface area (TPSA) is 21.3 Å². The molecule has 1 rings (SSSR count). The van der Waals surface area contributed by atoms with Crippen LogP contribution in [0.15, 0.2) is 0 Å². The predicted molar refractivity (Wildman–Crippen MR) is 83.5 cm³/mol. The highest BCUT2D eigenvalue weighted by Gasteiger charge is 2.28. The van der Waals surface area contributed by atoms with Crippen molar-refractivity contribution in [3.8, 4) is 0 Å². The smallest absolute Gasteiger partial charge is 0.0623 e. The molecule has 1 atom stereocenters. The van der Waals surface area contributed by atoms with Crippen LogP contribution >= 0.6 is 0 Å². The first-order valence-electron chi connectivity index (χ1n) is 8.24. The number of rotatable bonds is 8. The summed E-state index contributed by atoms with van der Waals surface area (Å²) in [7, 11) is 3.95. The molecule has 2 heteroatoms. The first kappa shape index (κ1) is 17.0. The number of methoxy groups -OCH3 is 1. The van der Waals surface area contributed by atoms with Crippen molar-refractivity contribution in [2.24, 2.45) is 11.8 Å². The largest absolute Gasteiger partial charge is 0.379 e. The predicted octanol–water partition coefficient (Wildman–Crippen LogP) is 4.39. The maximum absolute atomic E-state index is 5.54. The highest BCUT2D eigenvalue weighted by molar-refractivity contribution is 4.83. The molecule has 19 heavy (non-hydrogen) atoms. The molecule has 0 spiro atoms. The van der Waals surface area contributed by atoms with E-state index in [1.54, 1.807) is 0 Å². The second-order valence-corrected chi connectivity index (χ2v) is 6.97. The molecule has 0 heterocycles. The Hall–Kier alpha value is -0.0800. The molecule has 1 aliphatic carbocycles. The molecule has 1 N–H and O–H groups in total. The van der Waals surface area contributed by atoms with Crippen molar-refractivity contribution < 1.29 is 4.74 Å². The lowest BCUT2D eigenvalue weighted by Crippen LogP contribution is -2.38. The van der Waals surface area contributed by atoms with Gasteiger partial charge in [0.05, 0.1) is 5.60 Å². The van der Waals surface area contributed by atoms with Crippen LogP contribution in [0.5, 0.6) is 0 Å². The standard InChI is InChI=1S/C17H35NO/c1-6-7-14-8-10-15(11-9-14)16(18-4)12-13-17(2,3)19-5/h14-16,18H,6-13H2,1-5H3. The van der Waals surface area contributed by atoms with E-state index < -0.39 is 0 Å². The van der Waals surface area contributed by atoms with Gasteiger partial charge in [0.15, 0.2) is 0 Å². The van der Waals surface area contributed by atoms with Crippen LogP contribution in [0.4, 0.5) is 0 Å². The van der Waals surface area contributed by atoms with Gasteiger partial charge < -0.3 is 10.1 Å². The summed E-state index contributed by atoms with van der Waals surface area (Å²) in [5, 5.41) is 3.56. The molecule has 2 nitrogen and oxygen atoms in total. The van der Waals surface area contributed by atoms with Crippen molar-refractivity contribution in [2.75, 3.05) is 14.2 Å². The zero-order valence-electron chi connectivity index (χ0n) is 13.8. The minimum atomic E-state index is 0.0223. The maximum atomic E-state index is 5.54. The Balaban J connectivity index is 2.36. The Bertz CT molecular complexity index is 231. The Kier molecular flexibility index (Phi) is 7.38. The third kappa shape index (κ3) is 5.83. The summed E-state index contributed by atoms with van der Waals surface area (Å²) in [5.41, 5.74) is 0.0223. The minimum Gasteiger partial charge on any atom is -0.379 e. The van der Waals surface area contributed by atoms with E-state index in [1.165, 1.54) is 44.9 Å². The summed E-state index contributed by atoms with van der Waals surface area (Å²) in [5.74, 6) is 1.89. The fraction of sp³-hybridized carbons (Fsp3) is 1.00. The molecule has 0 aromatic heterocycles. The average molecular weight is 269 g/mol. The lowest BCUT2D eigenvalue weighted by Gasteiger charge is -2.35. The zero-order chi connectivity index (χ0) is 14.3. The molecular formula is C17H35NO. The van der Waals surface area contributed by atoms with Crippen molar-refractivity contribution in [1.29, 1.82) is 0 Å². The SMILES string of the molecule is CCCC1CCC(C(CCC(C)(C)OC)NC)CC1. The number of nitrogens with one attached hydrogen (secondary N) is 1. The van der Waals surface area contributed by atoms with Gasteiger partial charge in [0, 0.05) is 13.2 Å². The molecule has 0 bridgehead atoms. The third-order valence-electron chi connectivity index (χ3n) is 5.14. The Morgan fingerprint density at radius 3 is 2.32 bits per heavy atom. The molecule has 0 amide bonds. The number of hydrogen-bond donors (Lipinski definition) is 1. The van der Waals surface area contributed by atoms with E-state index in [9.17, 15) is 0 Å². The van der Waals surface area contributed by atoms with Crippen molar-refractivity contribution in [3.05, 3.63) is 0 Å². The normalized spacial score (nSPS) is 26.4. The zero-order valence-corrected chi connectivity index (χ0v) is 13.8. The van der Waals surface area contributed by atoms with Crippen LogP contribution in [0.2, 0.25) is 0 Å². The third-order valence-corrected chi connectivity index (χ3v) is 5.14. The first-order chi connectivity index (χ1) is 9.02. The molecule has 0 aromatic carbocycles. The van der Waals surface area contributed by atoms with Crippen LogP contribution in [0.25, 0.3) is 0 Å². The number of ether oxygens (including phenoxy) is 1. The van der Waals surface area contributed by atoms with Crippen molar-refractivity contribution in [2.45, 2.75) is 83.8 Å². The van der Waals surface area contributed by atoms with Gasteiger partial charge in [-0.05, 0) is 58.4 Å². The summed E-state index contributed by atoms with van der Waals surface area (Å²) in [6.45, 7) is 6.70. The molecule has 1 aliphatic rings. The number of hydrogen-bond acceptors (Lipinski definition) is 2. The van der Waals surface area contributed by atoms with E-state index in [0.717, 1.165) is 18.3 Å². The average Bonchev–Trinajstić information content (AvgIpc) is 2.41. The van der Waals surface area contributed by atoms with Crippen LogP contribution in [-0.4, -0.2) is 25.8 Å². The van der Waals surface area contributed by atoms with E-state index >= 15 is 0 Å². The summed E-state index contributed by atoms with van der Waals surface area (Å²) in [4.78, 5) is 0. The van der Waals surface area contributed by atoms with E-state index in [-0.39, 0.29) is 5.60 Å². The second-order valence-electron chi connectivity index (χ2n) is 6.97. The van der Waals surface area contributed by atoms with E-state index in [1.807, 2.05) is 7.11 Å². The molecule has 114 valence electrons. The minimum absolute atomic E-state index is 0.0223. The Morgan fingerprint density at radius 1 is 1.21 bits per heavy atom. The molecule has 1 saturated carbocycles. The maximum Gasteiger partial charge on any atom is 0.0623 e. The molecule has 0 radical (unpaired) electrons. The molecule has 0 aromatic rings. The van der Waals surface area contributed by atoms with Gasteiger partial charge in [0.25, 0.3) is 0 Å². The molecule has 0 saturated heterocycles. The van der Waals surface area contributed by atoms with E-state index in [0.29, 0.717) is 6.04 Å². The van der Waals surface area contributed by atoms with Crippen LogP contribution in [0.3, 0.4) is 0 Å². The summed E-state index contributed by atoms with van der Waals surface area (Å²) < 4.78 is 5.54. The quantitative estimate of drug-likeness (QED) is 0.706. The Labute approximate surface area is 120 Å². The molecule has 0 aliphatic heterocycles. The van der Waals surface area contributed by atoms with Gasteiger partial charge in [0.2, 0.25) is 0 Å². The van der Waals surface area contributed by atoms with Crippen LogP contribution in [-0.2, 0) is 4.74 Å². The fourth-order valence-electron chi connectivity index (χ4n) is 3.51. The van der Waals surface area contributed by atoms with Crippen molar-refractivity contribution in [3.63, 3.8) is 0 Å². The monoisotopic (exact) mass is 269 g/mol. The summed E-state index contributed by atoms with van der Waals surface area (Å²) in [6, 6.07) is 0.678. The summed E-state index contributed by atoms with van der Waals surface area (Å²) in [6.07, 6.45) is 10.9. The van der Waals surface area contributed by atoms with Gasteiger partial charge in [0.1, 0.15) is 0 Å². The first-order valence-corrected chi connectivity index (χ1v) is 8.24. The van der Waals surface area contributed by atoms with Gasteiger partial charge in [-0.1, -0.05) is 32.6 Å². The van der Waals surface area contributed by atoms with E-state index in [4.69, 9.17) is 4.74 Å². The molecular weight excluding hydrogens is 234 g/mol. The Morgan fingerprint density at radius 2 is 1.84 bits per heavy atom. The molecule has 1 unspecified atom stereocenters. The molecule has 1 fully saturated rings. The van der Waals surface area contributed by atoms with Gasteiger partial charge in [-0.25, -0.2) is 0 Å². The van der Waals surface area contributed by atoms with Crippen LogP contribution in [0, 0.1) is 11.8 Å². The summed E-state index contributed by atoms with van der Waals surface area (Å²) >= 11 is 0. The van der Waals surface area contributed by atoms with E-state index in [2.05, 4.69) is 33.1 Å². The highest BCUT2D eigenvalue weighted by atomic mass is 16.5. The highest BCUT2D eigenvalue weighted by Crippen LogP contribution is 2.34. The van der Waals surface area contributed by atoms with Gasteiger partial charge >= 0.3 is 0 Å². The lowest BCUT2D eigenvalue weighted by atomic mass is 9.75. The van der Waals surface area contributed by atoms with Gasteiger partial charge in [-0.3, -0.25) is 0 Å². The van der Waals surface area contributed by atoms with Gasteiger partial charge in [-0.15, -0.1) is 0 Å². The van der Waals surface area contributed by atoms with Crippen molar-refractivity contribution in [1.82, 2.24) is 5.32 Å². The second kappa shape index (κ2) is 8.26. The van der Waals surface area contributed by atoms with Crippen molar-refractivity contribution >= 4 is 0 Å². The van der Waals surface area contributed by atoms with Gasteiger partial charge in [-0.2, -0.15) is 0 Å². The van der Waals surface area contributed by atoms with Crippen LogP contribution in [0.1, 0.15) is 72.1 Å². The van der Waals surface area contributed by atoms with Crippen LogP contribution < -0.4 is 5.32 Å². The fourth-order valence-corrected chi connectivity index (χ4v) is 3.51.